The quantitative estimate of drug-likeness (QED) is 0.663. The van der Waals surface area contributed by atoms with Crippen LogP contribution in [-0.4, -0.2) is 38.6 Å². The van der Waals surface area contributed by atoms with Gasteiger partial charge in [-0.2, -0.15) is 0 Å². The van der Waals surface area contributed by atoms with E-state index in [-0.39, 0.29) is 30.8 Å². The first-order valence-electron chi connectivity index (χ1n) is 7.66. The molecular weight excluding hydrogens is 334 g/mol. The maximum absolute atomic E-state index is 12.1. The molecule has 0 radical (unpaired) electrons. The van der Waals surface area contributed by atoms with E-state index in [2.05, 4.69) is 10.6 Å². The van der Waals surface area contributed by atoms with Crippen LogP contribution in [0.25, 0.3) is 0 Å². The number of halogens is 1. The Hall–Kier alpha value is -1.99. The van der Waals surface area contributed by atoms with Crippen LogP contribution in [0, 0.1) is 5.92 Å². The van der Waals surface area contributed by atoms with Gasteiger partial charge in [-0.05, 0) is 37.1 Å². The van der Waals surface area contributed by atoms with Crippen LogP contribution in [0.4, 0.5) is 0 Å². The Morgan fingerprint density at radius 2 is 2.17 bits per heavy atom. The molecule has 1 unspecified atom stereocenters. The van der Waals surface area contributed by atoms with Gasteiger partial charge in [0.15, 0.2) is 18.1 Å². The normalized spacial score (nSPS) is 16.6. The van der Waals surface area contributed by atoms with Gasteiger partial charge in [0.2, 0.25) is 5.91 Å². The van der Waals surface area contributed by atoms with Crippen molar-refractivity contribution in [2.75, 3.05) is 26.8 Å². The van der Waals surface area contributed by atoms with Crippen LogP contribution >= 0.6 is 12.4 Å². The number of carbonyl (C=O) groups is 2. The van der Waals surface area contributed by atoms with Gasteiger partial charge in [0, 0.05) is 13.1 Å². The molecule has 0 aliphatic carbocycles. The van der Waals surface area contributed by atoms with Crippen LogP contribution in [0.1, 0.15) is 18.4 Å². The highest BCUT2D eigenvalue weighted by molar-refractivity contribution is 5.85. The van der Waals surface area contributed by atoms with E-state index >= 15 is 0 Å². The monoisotopic (exact) mass is 357 g/mol. The second kappa shape index (κ2) is 10.00. The SMILES string of the molecule is COc1cc(CNC(=O)C2CCCNC2)ccc1OCC(N)=O.Cl. The van der Waals surface area contributed by atoms with Gasteiger partial charge in [-0.25, -0.2) is 0 Å². The molecule has 7 nitrogen and oxygen atoms in total. The van der Waals surface area contributed by atoms with Gasteiger partial charge in [-0.3, -0.25) is 9.59 Å². The first-order valence-corrected chi connectivity index (χ1v) is 7.66. The lowest BCUT2D eigenvalue weighted by Crippen LogP contribution is -2.40. The van der Waals surface area contributed by atoms with E-state index in [1.807, 2.05) is 6.07 Å². The topological polar surface area (TPSA) is 103 Å². The minimum Gasteiger partial charge on any atom is -0.493 e. The number of piperidine rings is 1. The molecule has 0 saturated carbocycles. The van der Waals surface area contributed by atoms with Crippen molar-refractivity contribution in [3.05, 3.63) is 23.8 Å². The number of benzene rings is 1. The van der Waals surface area contributed by atoms with E-state index in [0.717, 1.165) is 31.5 Å². The van der Waals surface area contributed by atoms with Gasteiger partial charge in [0.05, 0.1) is 13.0 Å². The van der Waals surface area contributed by atoms with Gasteiger partial charge in [-0.15, -0.1) is 12.4 Å². The van der Waals surface area contributed by atoms with Gasteiger partial charge >= 0.3 is 0 Å². The molecular formula is C16H24ClN3O4. The molecule has 1 fully saturated rings. The molecule has 0 aromatic heterocycles. The molecule has 0 spiro atoms. The van der Waals surface area contributed by atoms with E-state index in [4.69, 9.17) is 15.2 Å². The standard InChI is InChI=1S/C16H23N3O4.ClH/c1-22-14-7-11(4-5-13(14)23-10-15(17)20)8-19-16(21)12-3-2-6-18-9-12;/h4-5,7,12,18H,2-3,6,8-10H2,1H3,(H2,17,20)(H,19,21);1H. The van der Waals surface area contributed by atoms with E-state index in [9.17, 15) is 9.59 Å². The summed E-state index contributed by atoms with van der Waals surface area (Å²) < 4.78 is 10.5. The zero-order valence-electron chi connectivity index (χ0n) is 13.7. The number of carbonyl (C=O) groups excluding carboxylic acids is 2. The van der Waals surface area contributed by atoms with Gasteiger partial charge in [0.25, 0.3) is 5.91 Å². The zero-order chi connectivity index (χ0) is 16.7. The second-order valence-corrected chi connectivity index (χ2v) is 5.50. The van der Waals surface area contributed by atoms with E-state index in [1.54, 1.807) is 12.1 Å². The molecule has 1 aliphatic rings. The second-order valence-electron chi connectivity index (χ2n) is 5.50. The summed E-state index contributed by atoms with van der Waals surface area (Å²) in [5.41, 5.74) is 5.95. The summed E-state index contributed by atoms with van der Waals surface area (Å²) in [7, 11) is 1.52. The maximum atomic E-state index is 12.1. The molecule has 2 amide bonds. The molecule has 8 heteroatoms. The first kappa shape index (κ1) is 20.1. The van der Waals surface area contributed by atoms with Gasteiger partial charge in [-0.1, -0.05) is 6.07 Å². The zero-order valence-corrected chi connectivity index (χ0v) is 14.5. The van der Waals surface area contributed by atoms with Crippen molar-refractivity contribution in [3.8, 4) is 11.5 Å². The smallest absolute Gasteiger partial charge is 0.255 e. The highest BCUT2D eigenvalue weighted by Gasteiger charge is 2.20. The number of hydrogen-bond acceptors (Lipinski definition) is 5. The lowest BCUT2D eigenvalue weighted by Gasteiger charge is -2.22. The molecule has 1 aromatic rings. The summed E-state index contributed by atoms with van der Waals surface area (Å²) in [6.07, 6.45) is 1.94. The largest absolute Gasteiger partial charge is 0.493 e. The fourth-order valence-electron chi connectivity index (χ4n) is 2.50. The van der Waals surface area contributed by atoms with E-state index in [0.29, 0.717) is 18.0 Å². The van der Waals surface area contributed by atoms with E-state index in [1.165, 1.54) is 7.11 Å². The Morgan fingerprint density at radius 1 is 1.38 bits per heavy atom. The predicted octanol–water partition coefficient (Wildman–Crippen LogP) is 0.597. The maximum Gasteiger partial charge on any atom is 0.255 e. The lowest BCUT2D eigenvalue weighted by molar-refractivity contribution is -0.125. The Balaban J connectivity index is 0.00000288. The molecule has 24 heavy (non-hydrogen) atoms. The van der Waals surface area contributed by atoms with Crippen molar-refractivity contribution in [1.29, 1.82) is 0 Å². The number of ether oxygens (including phenoxy) is 2. The molecule has 1 aromatic carbocycles. The predicted molar refractivity (Wildman–Crippen MR) is 92.4 cm³/mol. The van der Waals surface area contributed by atoms with Crippen molar-refractivity contribution in [1.82, 2.24) is 10.6 Å². The summed E-state index contributed by atoms with van der Waals surface area (Å²) in [6, 6.07) is 5.29. The molecule has 1 atom stereocenters. The Labute approximate surface area is 147 Å². The summed E-state index contributed by atoms with van der Waals surface area (Å²) in [6.45, 7) is 1.92. The minimum absolute atomic E-state index is 0. The summed E-state index contributed by atoms with van der Waals surface area (Å²) in [5.74, 6) is 0.480. The fraction of sp³-hybridized carbons (Fsp3) is 0.500. The van der Waals surface area contributed by atoms with Crippen LogP contribution in [0.2, 0.25) is 0 Å². The molecule has 1 heterocycles. The Morgan fingerprint density at radius 3 is 2.79 bits per heavy atom. The average Bonchev–Trinajstić information content (AvgIpc) is 2.58. The van der Waals surface area contributed by atoms with Gasteiger partial charge in [0.1, 0.15) is 0 Å². The third kappa shape index (κ3) is 5.90. The van der Waals surface area contributed by atoms with Crippen LogP contribution in [0.5, 0.6) is 11.5 Å². The molecule has 2 rings (SSSR count). The highest BCUT2D eigenvalue weighted by atomic mass is 35.5. The number of rotatable bonds is 7. The number of methoxy groups -OCH3 is 1. The number of hydrogen-bond donors (Lipinski definition) is 3. The number of amides is 2. The Kier molecular flexibility index (Phi) is 8.35. The molecule has 0 bridgehead atoms. The van der Waals surface area contributed by atoms with Crippen molar-refractivity contribution in [2.45, 2.75) is 19.4 Å². The third-order valence-corrected chi connectivity index (χ3v) is 3.73. The number of nitrogens with one attached hydrogen (secondary N) is 2. The Bertz CT molecular complexity index is 562. The summed E-state index contributed by atoms with van der Waals surface area (Å²) in [4.78, 5) is 22.9. The third-order valence-electron chi connectivity index (χ3n) is 3.73. The van der Waals surface area contributed by atoms with Crippen molar-refractivity contribution in [2.24, 2.45) is 11.7 Å². The molecule has 1 aliphatic heterocycles. The highest BCUT2D eigenvalue weighted by Crippen LogP contribution is 2.28. The van der Waals surface area contributed by atoms with Crippen LogP contribution in [-0.2, 0) is 16.1 Å². The van der Waals surface area contributed by atoms with Crippen molar-refractivity contribution >= 4 is 24.2 Å². The lowest BCUT2D eigenvalue weighted by atomic mass is 9.99. The molecule has 4 N–H and O–H groups in total. The fourth-order valence-corrected chi connectivity index (χ4v) is 2.50. The summed E-state index contributed by atoms with van der Waals surface area (Å²) >= 11 is 0. The van der Waals surface area contributed by atoms with Crippen LogP contribution in [0.3, 0.4) is 0 Å². The van der Waals surface area contributed by atoms with Crippen LogP contribution in [0.15, 0.2) is 18.2 Å². The average molecular weight is 358 g/mol. The first-order chi connectivity index (χ1) is 11.1. The summed E-state index contributed by atoms with van der Waals surface area (Å²) in [5, 5.41) is 6.17. The molecule has 134 valence electrons. The van der Waals surface area contributed by atoms with E-state index < -0.39 is 5.91 Å². The molecule has 1 saturated heterocycles. The van der Waals surface area contributed by atoms with Crippen molar-refractivity contribution in [3.63, 3.8) is 0 Å². The van der Waals surface area contributed by atoms with Crippen LogP contribution < -0.4 is 25.8 Å². The minimum atomic E-state index is -0.551. The number of nitrogens with two attached hydrogens (primary N) is 1. The number of primary amides is 1. The van der Waals surface area contributed by atoms with Crippen molar-refractivity contribution < 1.29 is 19.1 Å². The van der Waals surface area contributed by atoms with Gasteiger partial charge < -0.3 is 25.8 Å².